The molecular weight excluding hydrogens is 306 g/mol. The van der Waals surface area contributed by atoms with Gasteiger partial charge in [0.1, 0.15) is 5.75 Å². The Hall–Kier alpha value is -1.03. The number of hydrogen-bond donors (Lipinski definition) is 1. The number of benzene rings is 1. The molecule has 3 nitrogen and oxygen atoms in total. The van der Waals surface area contributed by atoms with E-state index in [0.717, 1.165) is 41.8 Å². The maximum absolute atomic E-state index is 12.3. The number of anilines is 1. The zero-order chi connectivity index (χ0) is 13.8. The van der Waals surface area contributed by atoms with Gasteiger partial charge in [-0.15, -0.1) is 0 Å². The van der Waals surface area contributed by atoms with E-state index in [2.05, 4.69) is 28.2 Å². The van der Waals surface area contributed by atoms with E-state index in [9.17, 15) is 4.79 Å². The van der Waals surface area contributed by atoms with Gasteiger partial charge in [-0.3, -0.25) is 4.79 Å². The number of amides is 1. The number of carbonyl (C=O) groups is 1. The van der Waals surface area contributed by atoms with Crippen molar-refractivity contribution in [2.75, 3.05) is 12.4 Å². The maximum Gasteiger partial charge on any atom is 0.227 e. The molecule has 0 spiro atoms. The molecule has 1 aromatic carbocycles. The molecular formula is C15H20BrNO2. The monoisotopic (exact) mass is 325 g/mol. The predicted molar refractivity (Wildman–Crippen MR) is 80.4 cm³/mol. The second kappa shape index (κ2) is 6.42. The average Bonchev–Trinajstić information content (AvgIpc) is 2.39. The van der Waals surface area contributed by atoms with Crippen molar-refractivity contribution in [3.05, 3.63) is 22.7 Å². The number of ether oxygens (including phenoxy) is 1. The molecule has 1 saturated carbocycles. The normalized spacial score (nSPS) is 22.9. The van der Waals surface area contributed by atoms with Crippen LogP contribution in [0.1, 0.15) is 32.6 Å². The first-order valence-electron chi connectivity index (χ1n) is 6.74. The molecule has 0 unspecified atom stereocenters. The van der Waals surface area contributed by atoms with Crippen LogP contribution in [0.2, 0.25) is 0 Å². The van der Waals surface area contributed by atoms with Gasteiger partial charge in [-0.1, -0.05) is 22.9 Å². The zero-order valence-corrected chi connectivity index (χ0v) is 13.0. The molecule has 0 bridgehead atoms. The van der Waals surface area contributed by atoms with Crippen molar-refractivity contribution in [3.63, 3.8) is 0 Å². The summed E-state index contributed by atoms with van der Waals surface area (Å²) < 4.78 is 6.20. The van der Waals surface area contributed by atoms with Gasteiger partial charge in [-0.05, 0) is 49.8 Å². The Balaban J connectivity index is 2.04. The first-order chi connectivity index (χ1) is 9.10. The number of halogens is 1. The lowest BCUT2D eigenvalue weighted by molar-refractivity contribution is -0.121. The SMILES string of the molecule is COc1ccc(Br)cc1NC(=O)C1CCC(C)CC1. The minimum absolute atomic E-state index is 0.114. The van der Waals surface area contributed by atoms with Crippen molar-refractivity contribution in [2.24, 2.45) is 11.8 Å². The molecule has 0 radical (unpaired) electrons. The van der Waals surface area contributed by atoms with Crippen LogP contribution in [-0.2, 0) is 4.79 Å². The third kappa shape index (κ3) is 3.72. The van der Waals surface area contributed by atoms with Crippen LogP contribution in [0.25, 0.3) is 0 Å². The van der Waals surface area contributed by atoms with Crippen LogP contribution >= 0.6 is 15.9 Å². The molecule has 0 heterocycles. The first-order valence-corrected chi connectivity index (χ1v) is 7.54. The van der Waals surface area contributed by atoms with E-state index in [0.29, 0.717) is 5.75 Å². The van der Waals surface area contributed by atoms with Gasteiger partial charge >= 0.3 is 0 Å². The Morgan fingerprint density at radius 3 is 2.63 bits per heavy atom. The summed E-state index contributed by atoms with van der Waals surface area (Å²) in [5.74, 6) is 1.70. The third-order valence-corrected chi connectivity index (χ3v) is 4.30. The highest BCUT2D eigenvalue weighted by Gasteiger charge is 2.24. The lowest BCUT2D eigenvalue weighted by Crippen LogP contribution is -2.26. The van der Waals surface area contributed by atoms with Crippen molar-refractivity contribution >= 4 is 27.5 Å². The van der Waals surface area contributed by atoms with Crippen LogP contribution in [-0.4, -0.2) is 13.0 Å². The largest absolute Gasteiger partial charge is 0.495 e. The molecule has 19 heavy (non-hydrogen) atoms. The van der Waals surface area contributed by atoms with Crippen molar-refractivity contribution in [1.29, 1.82) is 0 Å². The molecule has 1 fully saturated rings. The summed E-state index contributed by atoms with van der Waals surface area (Å²) in [4.78, 5) is 12.3. The second-order valence-corrected chi connectivity index (χ2v) is 6.21. The number of carbonyl (C=O) groups excluding carboxylic acids is 1. The van der Waals surface area contributed by atoms with Crippen LogP contribution in [0.4, 0.5) is 5.69 Å². The Kier molecular flexibility index (Phi) is 4.86. The highest BCUT2D eigenvalue weighted by molar-refractivity contribution is 9.10. The minimum Gasteiger partial charge on any atom is -0.495 e. The highest BCUT2D eigenvalue weighted by Crippen LogP contribution is 2.32. The number of nitrogens with one attached hydrogen (secondary N) is 1. The minimum atomic E-state index is 0.114. The average molecular weight is 326 g/mol. The zero-order valence-electron chi connectivity index (χ0n) is 11.4. The van der Waals surface area contributed by atoms with Crippen LogP contribution in [0.3, 0.4) is 0 Å². The molecule has 1 N–H and O–H groups in total. The maximum atomic E-state index is 12.3. The van der Waals surface area contributed by atoms with Crippen molar-refractivity contribution < 1.29 is 9.53 Å². The van der Waals surface area contributed by atoms with Gasteiger partial charge in [-0.25, -0.2) is 0 Å². The van der Waals surface area contributed by atoms with Crippen LogP contribution in [0, 0.1) is 11.8 Å². The van der Waals surface area contributed by atoms with Gasteiger partial charge in [0.15, 0.2) is 0 Å². The number of hydrogen-bond acceptors (Lipinski definition) is 2. The van der Waals surface area contributed by atoms with Gasteiger partial charge in [-0.2, -0.15) is 0 Å². The summed E-state index contributed by atoms with van der Waals surface area (Å²) >= 11 is 3.41. The van der Waals surface area contributed by atoms with Crippen LogP contribution in [0.5, 0.6) is 5.75 Å². The van der Waals surface area contributed by atoms with E-state index in [1.807, 2.05) is 18.2 Å². The number of methoxy groups -OCH3 is 1. The summed E-state index contributed by atoms with van der Waals surface area (Å²) in [5.41, 5.74) is 0.737. The Bertz CT molecular complexity index is 453. The fourth-order valence-electron chi connectivity index (χ4n) is 2.53. The molecule has 2 rings (SSSR count). The second-order valence-electron chi connectivity index (χ2n) is 5.29. The lowest BCUT2D eigenvalue weighted by Gasteiger charge is -2.25. The van der Waals surface area contributed by atoms with Gasteiger partial charge in [0.2, 0.25) is 5.91 Å². The van der Waals surface area contributed by atoms with E-state index in [-0.39, 0.29) is 11.8 Å². The van der Waals surface area contributed by atoms with E-state index in [1.165, 1.54) is 0 Å². The molecule has 4 heteroatoms. The van der Waals surface area contributed by atoms with Crippen molar-refractivity contribution in [1.82, 2.24) is 0 Å². The molecule has 0 saturated heterocycles. The summed E-state index contributed by atoms with van der Waals surface area (Å²) in [6.07, 6.45) is 4.27. The molecule has 1 aliphatic rings. The lowest BCUT2D eigenvalue weighted by atomic mass is 9.82. The summed E-state index contributed by atoms with van der Waals surface area (Å²) in [6.45, 7) is 2.26. The smallest absolute Gasteiger partial charge is 0.227 e. The van der Waals surface area contributed by atoms with Gasteiger partial charge in [0, 0.05) is 10.4 Å². The van der Waals surface area contributed by atoms with E-state index >= 15 is 0 Å². The van der Waals surface area contributed by atoms with Gasteiger partial charge in [0.05, 0.1) is 12.8 Å². The molecule has 0 aliphatic heterocycles. The summed E-state index contributed by atoms with van der Waals surface area (Å²) in [7, 11) is 1.61. The molecule has 104 valence electrons. The van der Waals surface area contributed by atoms with Crippen LogP contribution in [0.15, 0.2) is 22.7 Å². The fourth-order valence-corrected chi connectivity index (χ4v) is 2.90. The van der Waals surface area contributed by atoms with E-state index < -0.39 is 0 Å². The quantitative estimate of drug-likeness (QED) is 0.903. The summed E-state index contributed by atoms with van der Waals surface area (Å²) in [6, 6.07) is 5.63. The van der Waals surface area contributed by atoms with Gasteiger partial charge in [0.25, 0.3) is 0 Å². The van der Waals surface area contributed by atoms with Gasteiger partial charge < -0.3 is 10.1 Å². The van der Waals surface area contributed by atoms with E-state index in [1.54, 1.807) is 7.11 Å². The molecule has 0 aromatic heterocycles. The highest BCUT2D eigenvalue weighted by atomic mass is 79.9. The fraction of sp³-hybridized carbons (Fsp3) is 0.533. The number of rotatable bonds is 3. The third-order valence-electron chi connectivity index (χ3n) is 3.81. The molecule has 0 atom stereocenters. The molecule has 1 amide bonds. The Labute approximate surface area is 122 Å². The standard InChI is InChI=1S/C15H20BrNO2/c1-10-3-5-11(6-4-10)15(18)17-13-9-12(16)7-8-14(13)19-2/h7-11H,3-6H2,1-2H3,(H,17,18). The first kappa shape index (κ1) is 14.4. The predicted octanol–water partition coefficient (Wildman–Crippen LogP) is 4.22. The Morgan fingerprint density at radius 2 is 2.00 bits per heavy atom. The molecule has 1 aliphatic carbocycles. The van der Waals surface area contributed by atoms with E-state index in [4.69, 9.17) is 4.74 Å². The Morgan fingerprint density at radius 1 is 1.32 bits per heavy atom. The van der Waals surface area contributed by atoms with Crippen molar-refractivity contribution in [3.8, 4) is 5.75 Å². The van der Waals surface area contributed by atoms with Crippen LogP contribution < -0.4 is 10.1 Å². The van der Waals surface area contributed by atoms with Crippen molar-refractivity contribution in [2.45, 2.75) is 32.6 Å². The summed E-state index contributed by atoms with van der Waals surface area (Å²) in [5, 5.41) is 2.99. The topological polar surface area (TPSA) is 38.3 Å². The molecule has 1 aromatic rings.